The van der Waals surface area contributed by atoms with Crippen molar-refractivity contribution in [3.63, 3.8) is 0 Å². The number of ether oxygens (including phenoxy) is 1. The molecule has 1 heterocycles. The Labute approximate surface area is 152 Å². The van der Waals surface area contributed by atoms with Gasteiger partial charge >= 0.3 is 0 Å². The minimum Gasteiger partial charge on any atom is -0.395 e. The molecule has 0 radical (unpaired) electrons. The van der Waals surface area contributed by atoms with Crippen LogP contribution in [0.25, 0.3) is 5.57 Å². The predicted molar refractivity (Wildman–Crippen MR) is 95.9 cm³/mol. The smallest absolute Gasteiger partial charge is 0.277 e. The van der Waals surface area contributed by atoms with E-state index in [1.807, 2.05) is 6.92 Å². The van der Waals surface area contributed by atoms with Gasteiger partial charge in [-0.15, -0.1) is 0 Å². The summed E-state index contributed by atoms with van der Waals surface area (Å²) in [7, 11) is 1.69. The molecule has 0 bridgehead atoms. The number of aliphatic hydroxyl groups is 1. The molecule has 2 amide bonds. The molecule has 1 aromatic rings. The monoisotopic (exact) mass is 366 g/mol. The molecule has 136 valence electrons. The molecule has 0 atom stereocenters. The molecule has 2 rings (SSSR count). The summed E-state index contributed by atoms with van der Waals surface area (Å²) in [5.74, 6) is -0.675. The minimum atomic E-state index is -0.345. The second-order valence-electron chi connectivity index (χ2n) is 5.69. The zero-order valence-electron chi connectivity index (χ0n) is 14.5. The fourth-order valence-electron chi connectivity index (χ4n) is 2.73. The van der Waals surface area contributed by atoms with Crippen molar-refractivity contribution >= 4 is 29.0 Å². The summed E-state index contributed by atoms with van der Waals surface area (Å²) in [5, 5.41) is 9.76. The van der Waals surface area contributed by atoms with Crippen molar-refractivity contribution in [2.45, 2.75) is 13.3 Å². The van der Waals surface area contributed by atoms with Crippen LogP contribution in [0.5, 0.6) is 0 Å². The number of likely N-dealkylation sites (N-methyl/N-ethyl adjacent to an activating group) is 1. The highest BCUT2D eigenvalue weighted by atomic mass is 35.5. The van der Waals surface area contributed by atoms with Gasteiger partial charge in [0.2, 0.25) is 0 Å². The van der Waals surface area contributed by atoms with Gasteiger partial charge in [0.1, 0.15) is 5.70 Å². The first-order valence-corrected chi connectivity index (χ1v) is 8.65. The van der Waals surface area contributed by atoms with Crippen molar-refractivity contribution in [3.05, 3.63) is 40.5 Å². The van der Waals surface area contributed by atoms with E-state index < -0.39 is 0 Å². The van der Waals surface area contributed by atoms with E-state index >= 15 is 0 Å². The summed E-state index contributed by atoms with van der Waals surface area (Å²) in [5.41, 5.74) is 1.28. The lowest BCUT2D eigenvalue weighted by molar-refractivity contribution is -0.137. The summed E-state index contributed by atoms with van der Waals surface area (Å²) in [4.78, 5) is 28.5. The number of carbonyl (C=O) groups is 2. The molecule has 1 aliphatic rings. The maximum absolute atomic E-state index is 12.9. The van der Waals surface area contributed by atoms with Crippen molar-refractivity contribution in [3.8, 4) is 0 Å². The van der Waals surface area contributed by atoms with E-state index in [4.69, 9.17) is 16.3 Å². The largest absolute Gasteiger partial charge is 0.395 e. The van der Waals surface area contributed by atoms with Crippen molar-refractivity contribution in [2.24, 2.45) is 0 Å². The third-order valence-electron chi connectivity index (χ3n) is 3.97. The van der Waals surface area contributed by atoms with E-state index in [-0.39, 0.29) is 25.0 Å². The molecule has 0 unspecified atom stereocenters. The maximum Gasteiger partial charge on any atom is 0.277 e. The maximum atomic E-state index is 12.9. The Morgan fingerprint density at radius 2 is 1.88 bits per heavy atom. The number of halogens is 1. The molecule has 0 fully saturated rings. The Bertz CT molecular complexity index is 658. The molecule has 1 aromatic carbocycles. The summed E-state index contributed by atoms with van der Waals surface area (Å²) in [6.07, 6.45) is 0.580. The van der Waals surface area contributed by atoms with Crippen molar-refractivity contribution < 1.29 is 19.4 Å². The van der Waals surface area contributed by atoms with Crippen molar-refractivity contribution in [1.82, 2.24) is 9.80 Å². The number of benzene rings is 1. The molecule has 0 saturated carbocycles. The van der Waals surface area contributed by atoms with E-state index in [9.17, 15) is 14.7 Å². The van der Waals surface area contributed by atoms with Crippen molar-refractivity contribution in [1.29, 1.82) is 0 Å². The van der Waals surface area contributed by atoms with Gasteiger partial charge in [-0.3, -0.25) is 14.5 Å². The normalized spacial score (nSPS) is 14.6. The number of hydrogen-bond donors (Lipinski definition) is 1. The Morgan fingerprint density at radius 3 is 2.48 bits per heavy atom. The number of amides is 2. The fourth-order valence-corrected chi connectivity index (χ4v) is 2.85. The van der Waals surface area contributed by atoms with Gasteiger partial charge in [0.05, 0.1) is 12.2 Å². The molecular formula is C18H23ClN2O4. The number of hydrogen-bond acceptors (Lipinski definition) is 5. The van der Waals surface area contributed by atoms with Crippen LogP contribution in [0.1, 0.15) is 18.9 Å². The van der Waals surface area contributed by atoms with E-state index in [0.717, 1.165) is 0 Å². The molecule has 0 aliphatic carbocycles. The Hall–Kier alpha value is -1.89. The summed E-state index contributed by atoms with van der Waals surface area (Å²) < 4.78 is 5.28. The van der Waals surface area contributed by atoms with Gasteiger partial charge in [0.15, 0.2) is 0 Å². The number of rotatable bonds is 9. The number of nitrogens with zero attached hydrogens (tertiary/aromatic N) is 2. The van der Waals surface area contributed by atoms with Crippen LogP contribution in [0.15, 0.2) is 30.0 Å². The molecule has 0 spiro atoms. The van der Waals surface area contributed by atoms with Gasteiger partial charge in [-0.05, 0) is 31.0 Å². The van der Waals surface area contributed by atoms with Crippen LogP contribution in [-0.4, -0.2) is 66.7 Å². The quantitative estimate of drug-likeness (QED) is 0.533. The average Bonchev–Trinajstić information content (AvgIpc) is 2.84. The second kappa shape index (κ2) is 8.99. The lowest BCUT2D eigenvalue weighted by Gasteiger charge is -2.20. The Morgan fingerprint density at radius 1 is 1.20 bits per heavy atom. The zero-order chi connectivity index (χ0) is 18.4. The van der Waals surface area contributed by atoms with Gasteiger partial charge in [0, 0.05) is 38.4 Å². The highest BCUT2D eigenvalue weighted by molar-refractivity contribution is 6.36. The number of carbonyl (C=O) groups excluding carboxylic acids is 2. The Balaban J connectivity index is 2.32. The third-order valence-corrected chi connectivity index (χ3v) is 4.22. The highest BCUT2D eigenvalue weighted by Crippen LogP contribution is 2.31. The lowest BCUT2D eigenvalue weighted by atomic mass is 10.0. The summed E-state index contributed by atoms with van der Waals surface area (Å²) >= 11 is 5.92. The summed E-state index contributed by atoms with van der Waals surface area (Å²) in [6, 6.07) is 6.81. The molecular weight excluding hydrogens is 344 g/mol. The van der Waals surface area contributed by atoms with Crippen LogP contribution >= 0.6 is 11.6 Å². The minimum absolute atomic E-state index is 0.111. The van der Waals surface area contributed by atoms with Gasteiger partial charge < -0.3 is 14.7 Å². The van der Waals surface area contributed by atoms with Crippen LogP contribution in [0.3, 0.4) is 0 Å². The third kappa shape index (κ3) is 4.39. The van der Waals surface area contributed by atoms with Gasteiger partial charge in [-0.2, -0.15) is 0 Å². The first-order chi connectivity index (χ1) is 12.0. The van der Waals surface area contributed by atoms with Crippen molar-refractivity contribution in [2.75, 3.05) is 40.0 Å². The SMILES string of the molecule is CCOCCCN1C(=O)C(c2ccc(Cl)cc2)=C(N(C)CCO)C1=O. The van der Waals surface area contributed by atoms with Crippen LogP contribution in [-0.2, 0) is 14.3 Å². The molecule has 1 aliphatic heterocycles. The molecule has 0 saturated heterocycles. The van der Waals surface area contributed by atoms with Crippen LogP contribution in [0.4, 0.5) is 0 Å². The molecule has 0 aromatic heterocycles. The number of imide groups is 1. The lowest BCUT2D eigenvalue weighted by Crippen LogP contribution is -2.36. The average molecular weight is 367 g/mol. The molecule has 1 N–H and O–H groups in total. The fraction of sp³-hybridized carbons (Fsp3) is 0.444. The highest BCUT2D eigenvalue weighted by Gasteiger charge is 2.40. The van der Waals surface area contributed by atoms with Crippen LogP contribution in [0, 0.1) is 0 Å². The second-order valence-corrected chi connectivity index (χ2v) is 6.12. The Kier molecular flexibility index (Phi) is 6.99. The van der Waals surface area contributed by atoms with Gasteiger partial charge in [-0.1, -0.05) is 23.7 Å². The molecule has 7 heteroatoms. The standard InChI is InChI=1S/C18H23ClN2O4/c1-3-25-12-4-9-21-17(23)15(13-5-7-14(19)8-6-13)16(18(21)24)20(2)10-11-22/h5-8,22H,3-4,9-12H2,1-2H3. The first kappa shape index (κ1) is 19.4. The van der Waals surface area contributed by atoms with E-state index in [0.29, 0.717) is 48.0 Å². The van der Waals surface area contributed by atoms with E-state index in [2.05, 4.69) is 0 Å². The topological polar surface area (TPSA) is 70.1 Å². The molecule has 25 heavy (non-hydrogen) atoms. The van der Waals surface area contributed by atoms with E-state index in [1.54, 1.807) is 36.2 Å². The summed E-state index contributed by atoms with van der Waals surface area (Å²) in [6.45, 7) is 3.43. The van der Waals surface area contributed by atoms with Gasteiger partial charge in [0.25, 0.3) is 11.8 Å². The van der Waals surface area contributed by atoms with Crippen LogP contribution in [0.2, 0.25) is 5.02 Å². The van der Waals surface area contributed by atoms with Crippen LogP contribution < -0.4 is 0 Å². The number of aliphatic hydroxyl groups excluding tert-OH is 1. The predicted octanol–water partition coefficient (Wildman–Crippen LogP) is 1.77. The van der Waals surface area contributed by atoms with Gasteiger partial charge in [-0.25, -0.2) is 0 Å². The first-order valence-electron chi connectivity index (χ1n) is 8.27. The zero-order valence-corrected chi connectivity index (χ0v) is 15.3. The molecule has 6 nitrogen and oxygen atoms in total. The van der Waals surface area contributed by atoms with E-state index in [1.165, 1.54) is 4.90 Å².